The van der Waals surface area contributed by atoms with E-state index < -0.39 is 11.7 Å². The van der Waals surface area contributed by atoms with Gasteiger partial charge in [0.1, 0.15) is 12.4 Å². The van der Waals surface area contributed by atoms with E-state index in [0.717, 1.165) is 42.7 Å². The highest BCUT2D eigenvalue weighted by atomic mass is 19.4. The van der Waals surface area contributed by atoms with E-state index in [0.29, 0.717) is 24.5 Å². The highest BCUT2D eigenvalue weighted by Gasteiger charge is 2.44. The smallest absolute Gasteiger partial charge is 0.416 e. The van der Waals surface area contributed by atoms with Crippen molar-refractivity contribution in [2.45, 2.75) is 44.4 Å². The topological polar surface area (TPSA) is 47.6 Å². The third kappa shape index (κ3) is 4.78. The van der Waals surface area contributed by atoms with E-state index in [-0.39, 0.29) is 23.8 Å². The quantitative estimate of drug-likeness (QED) is 0.690. The monoisotopic (exact) mass is 419 g/mol. The number of carbonyl (C=O) groups is 1. The van der Waals surface area contributed by atoms with Gasteiger partial charge < -0.3 is 14.8 Å². The number of benzene rings is 2. The summed E-state index contributed by atoms with van der Waals surface area (Å²) in [5, 5.41) is 2.93. The molecule has 1 amide bonds. The molecule has 1 heterocycles. The molecule has 160 valence electrons. The minimum atomic E-state index is -4.36. The molecular formula is C23H24F3NO3. The van der Waals surface area contributed by atoms with Crippen LogP contribution in [-0.2, 0) is 15.7 Å². The van der Waals surface area contributed by atoms with Gasteiger partial charge in [0.15, 0.2) is 0 Å². The van der Waals surface area contributed by atoms with Gasteiger partial charge in [-0.2, -0.15) is 13.2 Å². The zero-order valence-corrected chi connectivity index (χ0v) is 16.7. The predicted molar refractivity (Wildman–Crippen MR) is 107 cm³/mol. The lowest BCUT2D eigenvalue weighted by molar-refractivity contribution is -0.137. The SMILES string of the molecule is Cc1ccc(NC(=O)C2CC2c2ccc(C(F)(F)F)cc2)c(OCC2CCCO2)c1. The second kappa shape index (κ2) is 8.30. The van der Waals surface area contributed by atoms with Crippen LogP contribution in [0.15, 0.2) is 42.5 Å². The molecule has 7 heteroatoms. The summed E-state index contributed by atoms with van der Waals surface area (Å²) >= 11 is 0. The highest BCUT2D eigenvalue weighted by Crippen LogP contribution is 2.48. The number of aryl methyl sites for hydroxylation is 1. The number of alkyl halides is 3. The lowest BCUT2D eigenvalue weighted by Crippen LogP contribution is -2.19. The van der Waals surface area contributed by atoms with E-state index in [9.17, 15) is 18.0 Å². The molecule has 0 aromatic heterocycles. The van der Waals surface area contributed by atoms with Gasteiger partial charge in [0.25, 0.3) is 0 Å². The fraction of sp³-hybridized carbons (Fsp3) is 0.435. The first-order valence-electron chi connectivity index (χ1n) is 10.1. The molecular weight excluding hydrogens is 395 g/mol. The van der Waals surface area contributed by atoms with Crippen molar-refractivity contribution in [3.63, 3.8) is 0 Å². The Morgan fingerprint density at radius 1 is 1.20 bits per heavy atom. The standard InChI is InChI=1S/C23H24F3NO3/c1-14-4-9-20(21(11-14)30-13-17-3-2-10-29-17)27-22(28)19-12-18(19)15-5-7-16(8-6-15)23(24,25)26/h4-9,11,17-19H,2-3,10,12-13H2,1H3,(H,27,28). The molecule has 3 atom stereocenters. The van der Waals surface area contributed by atoms with Gasteiger partial charge in [-0.1, -0.05) is 18.2 Å². The summed E-state index contributed by atoms with van der Waals surface area (Å²) in [4.78, 5) is 12.7. The molecule has 2 aromatic rings. The maximum Gasteiger partial charge on any atom is 0.416 e. The van der Waals surface area contributed by atoms with Crippen LogP contribution in [0.25, 0.3) is 0 Å². The van der Waals surface area contributed by atoms with Crippen molar-refractivity contribution in [1.29, 1.82) is 0 Å². The van der Waals surface area contributed by atoms with Gasteiger partial charge in [-0.3, -0.25) is 4.79 Å². The van der Waals surface area contributed by atoms with Crippen LogP contribution in [0.2, 0.25) is 0 Å². The minimum absolute atomic E-state index is 0.0611. The molecule has 0 radical (unpaired) electrons. The molecule has 1 saturated carbocycles. The van der Waals surface area contributed by atoms with Gasteiger partial charge in [0, 0.05) is 12.5 Å². The van der Waals surface area contributed by atoms with E-state index in [1.807, 2.05) is 25.1 Å². The van der Waals surface area contributed by atoms with Crippen molar-refractivity contribution in [2.24, 2.45) is 5.92 Å². The summed E-state index contributed by atoms with van der Waals surface area (Å²) in [5.41, 5.74) is 1.69. The first-order chi connectivity index (χ1) is 14.3. The first kappa shape index (κ1) is 20.7. The van der Waals surface area contributed by atoms with Crippen molar-refractivity contribution in [2.75, 3.05) is 18.5 Å². The molecule has 1 aliphatic heterocycles. The van der Waals surface area contributed by atoms with E-state index >= 15 is 0 Å². The zero-order valence-electron chi connectivity index (χ0n) is 16.7. The number of nitrogens with one attached hydrogen (secondary N) is 1. The summed E-state index contributed by atoms with van der Waals surface area (Å²) in [6, 6.07) is 10.7. The third-order valence-electron chi connectivity index (χ3n) is 5.64. The second-order valence-electron chi connectivity index (χ2n) is 8.00. The van der Waals surface area contributed by atoms with Crippen LogP contribution in [0.3, 0.4) is 0 Å². The van der Waals surface area contributed by atoms with E-state index in [2.05, 4.69) is 5.32 Å². The normalized spacial score (nSPS) is 23.3. The van der Waals surface area contributed by atoms with Gasteiger partial charge in [-0.15, -0.1) is 0 Å². The van der Waals surface area contributed by atoms with Crippen LogP contribution >= 0.6 is 0 Å². The molecule has 0 spiro atoms. The summed E-state index contributed by atoms with van der Waals surface area (Å²) in [6.45, 7) is 3.13. The molecule has 1 N–H and O–H groups in total. The lowest BCUT2D eigenvalue weighted by atomic mass is 10.1. The maximum absolute atomic E-state index is 12.7. The Hall–Kier alpha value is -2.54. The molecule has 30 heavy (non-hydrogen) atoms. The first-order valence-corrected chi connectivity index (χ1v) is 10.1. The Kier molecular flexibility index (Phi) is 5.73. The van der Waals surface area contributed by atoms with Crippen LogP contribution in [0.5, 0.6) is 5.75 Å². The molecule has 1 saturated heterocycles. The molecule has 1 aliphatic carbocycles. The Balaban J connectivity index is 1.38. The summed E-state index contributed by atoms with van der Waals surface area (Å²) < 4.78 is 49.7. The summed E-state index contributed by atoms with van der Waals surface area (Å²) in [5.74, 6) is 0.138. The van der Waals surface area contributed by atoms with Crippen molar-refractivity contribution < 1.29 is 27.4 Å². The number of carbonyl (C=O) groups excluding carboxylic acids is 1. The molecule has 2 aromatic carbocycles. The van der Waals surface area contributed by atoms with Gasteiger partial charge in [0.05, 0.1) is 17.4 Å². The summed E-state index contributed by atoms with van der Waals surface area (Å²) in [6.07, 6.45) is -1.68. The summed E-state index contributed by atoms with van der Waals surface area (Å²) in [7, 11) is 0. The van der Waals surface area contributed by atoms with Crippen molar-refractivity contribution >= 4 is 11.6 Å². The number of hydrogen-bond donors (Lipinski definition) is 1. The number of rotatable bonds is 6. The number of anilines is 1. The molecule has 4 rings (SSSR count). The van der Waals surface area contributed by atoms with E-state index in [4.69, 9.17) is 9.47 Å². The van der Waals surface area contributed by atoms with Gasteiger partial charge in [-0.25, -0.2) is 0 Å². The Labute approximate surface area is 173 Å². The lowest BCUT2D eigenvalue weighted by Gasteiger charge is -2.16. The van der Waals surface area contributed by atoms with E-state index in [1.54, 1.807) is 0 Å². The number of ether oxygens (including phenoxy) is 2. The highest BCUT2D eigenvalue weighted by molar-refractivity contribution is 5.96. The average molecular weight is 419 g/mol. The molecule has 3 unspecified atom stereocenters. The van der Waals surface area contributed by atoms with Crippen molar-refractivity contribution in [1.82, 2.24) is 0 Å². The van der Waals surface area contributed by atoms with Crippen LogP contribution in [-0.4, -0.2) is 25.2 Å². The van der Waals surface area contributed by atoms with E-state index in [1.165, 1.54) is 12.1 Å². The van der Waals surface area contributed by atoms with Crippen molar-refractivity contribution in [3.8, 4) is 5.75 Å². The average Bonchev–Trinajstić information content (AvgIpc) is 3.35. The number of hydrogen-bond acceptors (Lipinski definition) is 3. The van der Waals surface area contributed by atoms with Crippen LogP contribution in [0.1, 0.15) is 41.9 Å². The van der Waals surface area contributed by atoms with Crippen LogP contribution in [0.4, 0.5) is 18.9 Å². The molecule has 2 aliphatic rings. The van der Waals surface area contributed by atoms with Gasteiger partial charge in [0.2, 0.25) is 5.91 Å². The fourth-order valence-electron chi connectivity index (χ4n) is 3.81. The number of amides is 1. The van der Waals surface area contributed by atoms with Crippen molar-refractivity contribution in [3.05, 3.63) is 59.2 Å². The van der Waals surface area contributed by atoms with Crippen LogP contribution in [0, 0.1) is 12.8 Å². The largest absolute Gasteiger partial charge is 0.489 e. The molecule has 2 fully saturated rings. The number of halogens is 3. The molecule has 0 bridgehead atoms. The third-order valence-corrected chi connectivity index (χ3v) is 5.64. The second-order valence-corrected chi connectivity index (χ2v) is 8.00. The Morgan fingerprint density at radius 3 is 2.63 bits per heavy atom. The Bertz CT molecular complexity index is 905. The maximum atomic E-state index is 12.7. The predicted octanol–water partition coefficient (Wildman–Crippen LogP) is 5.31. The van der Waals surface area contributed by atoms with Gasteiger partial charge >= 0.3 is 6.18 Å². The van der Waals surface area contributed by atoms with Crippen LogP contribution < -0.4 is 10.1 Å². The minimum Gasteiger partial charge on any atom is -0.489 e. The molecule has 4 nitrogen and oxygen atoms in total. The zero-order chi connectivity index (χ0) is 21.3. The fourth-order valence-corrected chi connectivity index (χ4v) is 3.81. The van der Waals surface area contributed by atoms with Gasteiger partial charge in [-0.05, 0) is 67.5 Å². The Morgan fingerprint density at radius 2 is 1.97 bits per heavy atom.